The molecule has 0 aromatic carbocycles. The molecule has 2 aromatic heterocycles. The molecule has 20 heavy (non-hydrogen) atoms. The number of rotatable bonds is 6. The summed E-state index contributed by atoms with van der Waals surface area (Å²) in [5.74, 6) is -1.22. The summed E-state index contributed by atoms with van der Waals surface area (Å²) >= 11 is 0. The molecule has 2 heterocycles. The fraction of sp³-hybridized carbons (Fsp3) is 0.333. The summed E-state index contributed by atoms with van der Waals surface area (Å²) in [7, 11) is 1.80. The van der Waals surface area contributed by atoms with Gasteiger partial charge in [0.2, 0.25) is 0 Å². The Morgan fingerprint density at radius 2 is 2.20 bits per heavy atom. The Morgan fingerprint density at radius 3 is 2.85 bits per heavy atom. The lowest BCUT2D eigenvalue weighted by molar-refractivity contribution is -0.137. The molecule has 0 fully saturated rings. The molecule has 1 amide bonds. The minimum absolute atomic E-state index is 0.0788. The van der Waals surface area contributed by atoms with Gasteiger partial charge < -0.3 is 10.4 Å². The van der Waals surface area contributed by atoms with Crippen molar-refractivity contribution in [3.8, 4) is 0 Å². The van der Waals surface area contributed by atoms with Gasteiger partial charge in [-0.1, -0.05) is 0 Å². The number of carbonyl (C=O) groups is 2. The summed E-state index contributed by atoms with van der Waals surface area (Å²) in [5.41, 5.74) is 1.23. The molecule has 0 atom stereocenters. The molecule has 0 saturated carbocycles. The number of amides is 1. The molecule has 0 aliphatic rings. The molecule has 0 bridgehead atoms. The first-order valence-corrected chi connectivity index (χ1v) is 6.05. The number of hydrogen-bond acceptors (Lipinski definition) is 4. The Bertz CT molecular complexity index is 616. The van der Waals surface area contributed by atoms with Crippen LogP contribution in [0.1, 0.15) is 22.5 Å². The van der Waals surface area contributed by atoms with Gasteiger partial charge in [-0.15, -0.1) is 0 Å². The Balaban J connectivity index is 1.95. The maximum Gasteiger partial charge on any atom is 0.305 e. The van der Waals surface area contributed by atoms with Crippen LogP contribution in [0, 0.1) is 0 Å². The second-order valence-corrected chi connectivity index (χ2v) is 4.29. The number of carboxylic acid groups (broad SMARTS) is 1. The van der Waals surface area contributed by atoms with Crippen LogP contribution in [0.3, 0.4) is 0 Å². The van der Waals surface area contributed by atoms with Gasteiger partial charge in [-0.3, -0.25) is 19.0 Å². The predicted molar refractivity (Wildman–Crippen MR) is 68.9 cm³/mol. The van der Waals surface area contributed by atoms with Gasteiger partial charge in [0.15, 0.2) is 0 Å². The van der Waals surface area contributed by atoms with Gasteiger partial charge in [0.05, 0.1) is 19.2 Å². The van der Waals surface area contributed by atoms with E-state index in [-0.39, 0.29) is 18.9 Å². The molecule has 2 aromatic rings. The van der Waals surface area contributed by atoms with Crippen LogP contribution in [-0.4, -0.2) is 36.5 Å². The molecule has 0 unspecified atom stereocenters. The number of nitrogens with zero attached hydrogens (tertiary/aromatic N) is 4. The second-order valence-electron chi connectivity index (χ2n) is 4.29. The lowest BCUT2D eigenvalue weighted by atomic mass is 10.3. The van der Waals surface area contributed by atoms with Crippen molar-refractivity contribution in [2.24, 2.45) is 7.05 Å². The predicted octanol–water partition coefficient (Wildman–Crippen LogP) is 0.0213. The monoisotopic (exact) mass is 277 g/mol. The van der Waals surface area contributed by atoms with E-state index in [9.17, 15) is 9.59 Å². The van der Waals surface area contributed by atoms with Gasteiger partial charge >= 0.3 is 5.97 Å². The van der Waals surface area contributed by atoms with Gasteiger partial charge in [0.25, 0.3) is 5.91 Å². The van der Waals surface area contributed by atoms with E-state index < -0.39 is 5.97 Å². The van der Waals surface area contributed by atoms with E-state index in [2.05, 4.69) is 15.5 Å². The zero-order valence-electron chi connectivity index (χ0n) is 11.0. The van der Waals surface area contributed by atoms with Crippen LogP contribution in [0.15, 0.2) is 24.7 Å². The van der Waals surface area contributed by atoms with E-state index in [0.717, 1.165) is 5.56 Å². The molecule has 8 nitrogen and oxygen atoms in total. The Kier molecular flexibility index (Phi) is 4.14. The van der Waals surface area contributed by atoms with Gasteiger partial charge in [0, 0.05) is 31.5 Å². The first-order valence-electron chi connectivity index (χ1n) is 6.05. The molecular formula is C12H15N5O3. The summed E-state index contributed by atoms with van der Waals surface area (Å²) < 4.78 is 3.03. The van der Waals surface area contributed by atoms with Gasteiger partial charge in [0.1, 0.15) is 5.69 Å². The fourth-order valence-electron chi connectivity index (χ4n) is 1.74. The van der Waals surface area contributed by atoms with Crippen molar-refractivity contribution in [3.05, 3.63) is 35.9 Å². The average Bonchev–Trinajstić information content (AvgIpc) is 3.02. The van der Waals surface area contributed by atoms with E-state index >= 15 is 0 Å². The number of aromatic nitrogens is 4. The highest BCUT2D eigenvalue weighted by Crippen LogP contribution is 2.02. The molecule has 0 aliphatic carbocycles. The van der Waals surface area contributed by atoms with Crippen LogP contribution in [0.4, 0.5) is 0 Å². The van der Waals surface area contributed by atoms with E-state index in [1.807, 2.05) is 6.20 Å². The molecule has 0 spiro atoms. The molecular weight excluding hydrogens is 262 g/mol. The van der Waals surface area contributed by atoms with Crippen LogP contribution in [-0.2, 0) is 24.9 Å². The van der Waals surface area contributed by atoms with Crippen molar-refractivity contribution in [1.29, 1.82) is 0 Å². The van der Waals surface area contributed by atoms with Crippen molar-refractivity contribution >= 4 is 11.9 Å². The number of carboxylic acids is 1. The zero-order chi connectivity index (χ0) is 14.5. The highest BCUT2D eigenvalue weighted by atomic mass is 16.4. The summed E-state index contributed by atoms with van der Waals surface area (Å²) in [5, 5.41) is 19.3. The molecule has 0 aliphatic heterocycles. The SMILES string of the molecule is Cn1cc(CNC(=O)c2ccnn2CCC(=O)O)cn1. The quantitative estimate of drug-likeness (QED) is 0.775. The third-order valence-corrected chi connectivity index (χ3v) is 2.70. The van der Waals surface area contributed by atoms with Crippen LogP contribution >= 0.6 is 0 Å². The van der Waals surface area contributed by atoms with Crippen molar-refractivity contribution in [1.82, 2.24) is 24.9 Å². The molecule has 8 heteroatoms. The number of aliphatic carboxylic acids is 1. The van der Waals surface area contributed by atoms with Gasteiger partial charge in [-0.2, -0.15) is 10.2 Å². The number of nitrogens with one attached hydrogen (secondary N) is 1. The van der Waals surface area contributed by atoms with E-state index in [4.69, 9.17) is 5.11 Å². The standard InChI is InChI=1S/C12H15N5O3/c1-16-8-9(7-15-16)6-13-12(20)10-2-4-14-17(10)5-3-11(18)19/h2,4,7-8H,3,5-6H2,1H3,(H,13,20)(H,18,19). The summed E-state index contributed by atoms with van der Waals surface area (Å²) in [4.78, 5) is 22.5. The second kappa shape index (κ2) is 6.00. The summed E-state index contributed by atoms with van der Waals surface area (Å²) in [6.07, 6.45) is 4.87. The molecule has 2 rings (SSSR count). The van der Waals surface area contributed by atoms with E-state index in [0.29, 0.717) is 12.2 Å². The summed E-state index contributed by atoms with van der Waals surface area (Å²) in [6, 6.07) is 1.56. The van der Waals surface area contributed by atoms with Crippen LogP contribution in [0.25, 0.3) is 0 Å². The lowest BCUT2D eigenvalue weighted by Gasteiger charge is -2.06. The maximum atomic E-state index is 12.0. The minimum atomic E-state index is -0.929. The topological polar surface area (TPSA) is 102 Å². The van der Waals surface area contributed by atoms with Crippen molar-refractivity contribution in [2.45, 2.75) is 19.5 Å². The molecule has 106 valence electrons. The smallest absolute Gasteiger partial charge is 0.305 e. The summed E-state index contributed by atoms with van der Waals surface area (Å²) in [6.45, 7) is 0.523. The lowest BCUT2D eigenvalue weighted by Crippen LogP contribution is -2.26. The van der Waals surface area contributed by atoms with E-state index in [1.54, 1.807) is 24.0 Å². The van der Waals surface area contributed by atoms with Crippen molar-refractivity contribution in [2.75, 3.05) is 0 Å². The van der Waals surface area contributed by atoms with E-state index in [1.165, 1.54) is 10.9 Å². The first kappa shape index (κ1) is 13.8. The number of carbonyl (C=O) groups excluding carboxylic acids is 1. The normalized spacial score (nSPS) is 10.4. The third kappa shape index (κ3) is 3.44. The Labute approximate surface area is 115 Å². The molecule has 0 radical (unpaired) electrons. The highest BCUT2D eigenvalue weighted by molar-refractivity contribution is 5.92. The Hall–Kier alpha value is -2.64. The van der Waals surface area contributed by atoms with Gasteiger partial charge in [-0.25, -0.2) is 0 Å². The zero-order valence-corrected chi connectivity index (χ0v) is 11.0. The minimum Gasteiger partial charge on any atom is -0.481 e. The third-order valence-electron chi connectivity index (χ3n) is 2.70. The van der Waals surface area contributed by atoms with Gasteiger partial charge in [-0.05, 0) is 6.07 Å². The largest absolute Gasteiger partial charge is 0.481 e. The average molecular weight is 277 g/mol. The molecule has 0 saturated heterocycles. The van der Waals surface area contributed by atoms with Crippen molar-refractivity contribution in [3.63, 3.8) is 0 Å². The highest BCUT2D eigenvalue weighted by Gasteiger charge is 2.12. The fourth-order valence-corrected chi connectivity index (χ4v) is 1.74. The Morgan fingerprint density at radius 1 is 1.40 bits per heavy atom. The number of aryl methyl sites for hydroxylation is 2. The molecule has 2 N–H and O–H groups in total. The maximum absolute atomic E-state index is 12.0. The van der Waals surface area contributed by atoms with Crippen LogP contribution in [0.5, 0.6) is 0 Å². The number of hydrogen-bond donors (Lipinski definition) is 2. The van der Waals surface area contributed by atoms with Crippen LogP contribution in [0.2, 0.25) is 0 Å². The van der Waals surface area contributed by atoms with Crippen molar-refractivity contribution < 1.29 is 14.7 Å². The first-order chi connectivity index (χ1) is 9.56. The van der Waals surface area contributed by atoms with Crippen LogP contribution < -0.4 is 5.32 Å².